The lowest BCUT2D eigenvalue weighted by Crippen LogP contribution is -2.48. The van der Waals surface area contributed by atoms with Gasteiger partial charge < -0.3 is 15.5 Å². The maximum atomic E-state index is 12.0. The third-order valence-electron chi connectivity index (χ3n) is 4.28. The Bertz CT molecular complexity index is 705. The smallest absolute Gasteiger partial charge is 0.315 e. The summed E-state index contributed by atoms with van der Waals surface area (Å²) in [6, 6.07) is 5.52. The van der Waals surface area contributed by atoms with Crippen LogP contribution in [0.3, 0.4) is 0 Å². The number of likely N-dealkylation sites (tertiary alicyclic amines) is 1. The van der Waals surface area contributed by atoms with E-state index in [4.69, 9.17) is 0 Å². The van der Waals surface area contributed by atoms with Gasteiger partial charge in [-0.15, -0.1) is 0 Å². The summed E-state index contributed by atoms with van der Waals surface area (Å²) in [6.07, 6.45) is 6.82. The molecule has 0 spiro atoms. The highest BCUT2D eigenvalue weighted by Crippen LogP contribution is 2.10. The molecule has 0 atom stereocenters. The van der Waals surface area contributed by atoms with Crippen molar-refractivity contribution in [3.63, 3.8) is 0 Å². The van der Waals surface area contributed by atoms with Gasteiger partial charge in [0.05, 0.1) is 0 Å². The van der Waals surface area contributed by atoms with Crippen LogP contribution in [0.1, 0.15) is 25.3 Å². The van der Waals surface area contributed by atoms with Gasteiger partial charge in [-0.25, -0.2) is 14.5 Å². The van der Waals surface area contributed by atoms with Crippen molar-refractivity contribution < 1.29 is 9.59 Å². The second-order valence-corrected chi connectivity index (χ2v) is 6.08. The normalized spacial score (nSPS) is 15.0. The Morgan fingerprint density at radius 2 is 2.08 bits per heavy atom. The van der Waals surface area contributed by atoms with Crippen LogP contribution < -0.4 is 10.6 Å². The molecule has 0 aromatic carbocycles. The number of hydrogen-bond donors (Lipinski definition) is 2. The molecular formula is C17H22N6O2. The van der Waals surface area contributed by atoms with Crippen LogP contribution in [0.15, 0.2) is 36.8 Å². The number of nitrogens with one attached hydrogen (secondary N) is 2. The van der Waals surface area contributed by atoms with Gasteiger partial charge in [0.1, 0.15) is 0 Å². The number of urea groups is 1. The van der Waals surface area contributed by atoms with Crippen molar-refractivity contribution >= 4 is 11.9 Å². The van der Waals surface area contributed by atoms with Gasteiger partial charge in [0.2, 0.25) is 5.91 Å². The van der Waals surface area contributed by atoms with Crippen LogP contribution in [-0.2, 0) is 11.3 Å². The van der Waals surface area contributed by atoms with E-state index in [1.165, 1.54) is 0 Å². The second kappa shape index (κ2) is 7.78. The summed E-state index contributed by atoms with van der Waals surface area (Å²) in [6.45, 7) is 3.37. The summed E-state index contributed by atoms with van der Waals surface area (Å²) in [4.78, 5) is 29.5. The van der Waals surface area contributed by atoms with E-state index in [1.54, 1.807) is 24.0 Å². The third-order valence-corrected chi connectivity index (χ3v) is 4.28. The molecule has 0 unspecified atom stereocenters. The molecule has 2 aromatic heterocycles. The van der Waals surface area contributed by atoms with E-state index in [2.05, 4.69) is 20.7 Å². The molecule has 3 heterocycles. The number of pyridine rings is 1. The monoisotopic (exact) mass is 342 g/mol. The fraction of sp³-hybridized carbons (Fsp3) is 0.412. The summed E-state index contributed by atoms with van der Waals surface area (Å²) >= 11 is 0. The number of amides is 3. The highest BCUT2D eigenvalue weighted by Gasteiger charge is 2.21. The minimum absolute atomic E-state index is 0.0916. The lowest BCUT2D eigenvalue weighted by atomic mass is 10.1. The number of aromatic nitrogens is 3. The summed E-state index contributed by atoms with van der Waals surface area (Å²) < 4.78 is 1.68. The van der Waals surface area contributed by atoms with Gasteiger partial charge >= 0.3 is 6.03 Å². The van der Waals surface area contributed by atoms with Crippen molar-refractivity contribution in [2.45, 2.75) is 32.4 Å². The molecule has 3 rings (SSSR count). The molecule has 132 valence electrons. The molecule has 1 aliphatic heterocycles. The number of nitrogens with zero attached hydrogens (tertiary/aromatic N) is 4. The second-order valence-electron chi connectivity index (χ2n) is 6.08. The summed E-state index contributed by atoms with van der Waals surface area (Å²) in [5.74, 6) is 0.824. The van der Waals surface area contributed by atoms with Gasteiger partial charge in [0.15, 0.2) is 5.82 Å². The lowest BCUT2D eigenvalue weighted by Gasteiger charge is -2.31. The zero-order chi connectivity index (χ0) is 17.6. The van der Waals surface area contributed by atoms with E-state index in [1.807, 2.05) is 29.3 Å². The van der Waals surface area contributed by atoms with Crippen LogP contribution in [0, 0.1) is 0 Å². The van der Waals surface area contributed by atoms with Crippen LogP contribution in [0.2, 0.25) is 0 Å². The Morgan fingerprint density at radius 3 is 2.68 bits per heavy atom. The molecule has 0 aliphatic carbocycles. The molecule has 8 heteroatoms. The average molecular weight is 342 g/mol. The predicted molar refractivity (Wildman–Crippen MR) is 92.0 cm³/mol. The maximum Gasteiger partial charge on any atom is 0.315 e. The SMILES string of the molecule is CC(=O)N1CCC(NC(=O)NCc2ccc(-n3cccn3)nc2)CC1. The molecule has 2 N–H and O–H groups in total. The molecule has 1 aliphatic rings. The van der Waals surface area contributed by atoms with Gasteiger partial charge in [0, 0.05) is 51.2 Å². The van der Waals surface area contributed by atoms with E-state index in [0.717, 1.165) is 24.2 Å². The van der Waals surface area contributed by atoms with Crippen molar-refractivity contribution in [3.8, 4) is 5.82 Å². The standard InChI is InChI=1S/C17H22N6O2/c1-13(24)22-9-5-15(6-10-22)21-17(25)19-12-14-3-4-16(18-11-14)23-8-2-7-20-23/h2-4,7-8,11,15H,5-6,9-10,12H2,1H3,(H2,19,21,25). The Hall–Kier alpha value is -2.90. The molecule has 2 aromatic rings. The Balaban J connectivity index is 1.43. The fourth-order valence-corrected chi connectivity index (χ4v) is 2.82. The first kappa shape index (κ1) is 16.9. The van der Waals surface area contributed by atoms with Gasteiger partial charge in [-0.05, 0) is 30.5 Å². The largest absolute Gasteiger partial charge is 0.343 e. The van der Waals surface area contributed by atoms with Crippen LogP contribution >= 0.6 is 0 Å². The van der Waals surface area contributed by atoms with Gasteiger partial charge in [-0.3, -0.25) is 4.79 Å². The van der Waals surface area contributed by atoms with Crippen LogP contribution in [-0.4, -0.2) is 50.7 Å². The number of hydrogen-bond acceptors (Lipinski definition) is 4. The molecule has 0 radical (unpaired) electrons. The van der Waals surface area contributed by atoms with E-state index < -0.39 is 0 Å². The molecule has 3 amide bonds. The van der Waals surface area contributed by atoms with Gasteiger partial charge in [0.25, 0.3) is 0 Å². The molecule has 25 heavy (non-hydrogen) atoms. The molecule has 8 nitrogen and oxygen atoms in total. The molecule has 0 bridgehead atoms. The zero-order valence-corrected chi connectivity index (χ0v) is 14.2. The number of piperidine rings is 1. The van der Waals surface area contributed by atoms with Crippen molar-refractivity contribution in [1.82, 2.24) is 30.3 Å². The quantitative estimate of drug-likeness (QED) is 0.869. The highest BCUT2D eigenvalue weighted by molar-refractivity contribution is 5.75. The predicted octanol–water partition coefficient (Wildman–Crippen LogP) is 1.08. The summed E-state index contributed by atoms with van der Waals surface area (Å²) in [5.41, 5.74) is 0.914. The van der Waals surface area contributed by atoms with Crippen LogP contribution in [0.4, 0.5) is 4.79 Å². The van der Waals surface area contributed by atoms with E-state index in [-0.39, 0.29) is 18.0 Å². The summed E-state index contributed by atoms with van der Waals surface area (Å²) in [7, 11) is 0. The maximum absolute atomic E-state index is 12.0. The first-order valence-corrected chi connectivity index (χ1v) is 8.36. The van der Waals surface area contributed by atoms with Crippen LogP contribution in [0.5, 0.6) is 0 Å². The van der Waals surface area contributed by atoms with Gasteiger partial charge in [-0.1, -0.05) is 6.07 Å². The topological polar surface area (TPSA) is 92.2 Å². The zero-order valence-electron chi connectivity index (χ0n) is 14.2. The minimum atomic E-state index is -0.197. The minimum Gasteiger partial charge on any atom is -0.343 e. The van der Waals surface area contributed by atoms with Crippen molar-refractivity contribution in [1.29, 1.82) is 0 Å². The number of carbonyl (C=O) groups excluding carboxylic acids is 2. The number of carbonyl (C=O) groups is 2. The molecular weight excluding hydrogens is 320 g/mol. The Kier molecular flexibility index (Phi) is 5.27. The first-order valence-electron chi connectivity index (χ1n) is 8.36. The molecule has 1 fully saturated rings. The van der Waals surface area contributed by atoms with Gasteiger partial charge in [-0.2, -0.15) is 5.10 Å². The Morgan fingerprint density at radius 1 is 1.28 bits per heavy atom. The van der Waals surface area contributed by atoms with Crippen LogP contribution in [0.25, 0.3) is 5.82 Å². The Labute approximate surface area is 146 Å². The fourth-order valence-electron chi connectivity index (χ4n) is 2.82. The third kappa shape index (κ3) is 4.56. The first-order chi connectivity index (χ1) is 12.1. The number of rotatable bonds is 4. The van der Waals surface area contributed by atoms with Crippen molar-refractivity contribution in [2.24, 2.45) is 0 Å². The van der Waals surface area contributed by atoms with E-state index >= 15 is 0 Å². The molecule has 0 saturated carbocycles. The van der Waals surface area contributed by atoms with Crippen molar-refractivity contribution in [2.75, 3.05) is 13.1 Å². The lowest BCUT2D eigenvalue weighted by molar-refractivity contribution is -0.129. The summed E-state index contributed by atoms with van der Waals surface area (Å²) in [5, 5.41) is 9.92. The van der Waals surface area contributed by atoms with E-state index in [0.29, 0.717) is 19.6 Å². The van der Waals surface area contributed by atoms with E-state index in [9.17, 15) is 9.59 Å². The molecule has 1 saturated heterocycles. The average Bonchev–Trinajstić information content (AvgIpc) is 3.15. The highest BCUT2D eigenvalue weighted by atomic mass is 16.2. The van der Waals surface area contributed by atoms with Crippen molar-refractivity contribution in [3.05, 3.63) is 42.4 Å².